The summed E-state index contributed by atoms with van der Waals surface area (Å²) in [5.41, 5.74) is 11.9. The van der Waals surface area contributed by atoms with Crippen LogP contribution in [0, 0.1) is 6.92 Å². The van der Waals surface area contributed by atoms with Crippen molar-refractivity contribution in [1.82, 2.24) is 4.98 Å². The lowest BCUT2D eigenvalue weighted by molar-refractivity contribution is 0.586. The monoisotopic (exact) mass is 532 g/mol. The molecular formula is C36H25N2OP. The molecule has 0 amide bonds. The third kappa shape index (κ3) is 3.19. The van der Waals surface area contributed by atoms with Crippen LogP contribution in [-0.4, -0.2) is 4.98 Å². The van der Waals surface area contributed by atoms with E-state index in [4.69, 9.17) is 0 Å². The van der Waals surface area contributed by atoms with Crippen LogP contribution >= 0.6 is 7.29 Å². The van der Waals surface area contributed by atoms with Crippen LogP contribution in [0.5, 0.6) is 0 Å². The molecule has 1 aromatic heterocycles. The minimum Gasteiger partial charge on any atom is -0.289 e. The van der Waals surface area contributed by atoms with Gasteiger partial charge in [-0.25, -0.2) is 0 Å². The fourth-order valence-electron chi connectivity index (χ4n) is 6.33. The van der Waals surface area contributed by atoms with Crippen molar-refractivity contribution < 1.29 is 4.57 Å². The Kier molecular flexibility index (Phi) is 5.01. The van der Waals surface area contributed by atoms with Crippen molar-refractivity contribution in [3.05, 3.63) is 139 Å². The molecule has 0 bridgehead atoms. The molecule has 190 valence electrons. The van der Waals surface area contributed by atoms with E-state index < -0.39 is 7.29 Å². The Bertz CT molecular complexity index is 2010. The zero-order valence-corrected chi connectivity index (χ0v) is 22.8. The number of benzene rings is 5. The molecule has 3 nitrogen and oxygen atoms in total. The maximum Gasteiger partial charge on any atom is 0.235 e. The number of nitrogens with zero attached hydrogens (tertiary/aromatic N) is 2. The van der Waals surface area contributed by atoms with Crippen LogP contribution < -0.4 is 15.3 Å². The van der Waals surface area contributed by atoms with Gasteiger partial charge in [0.05, 0.1) is 11.4 Å². The SMILES string of the molecule is Cc1ccncc1-c1ccc2c(c1)-c1ccccc1P1(=O)c3ccccc3-c3cc(-c4ccccc4)ccc3N21. The van der Waals surface area contributed by atoms with E-state index >= 15 is 4.57 Å². The van der Waals surface area contributed by atoms with E-state index in [1.807, 2.05) is 54.9 Å². The summed E-state index contributed by atoms with van der Waals surface area (Å²) in [6.45, 7) is 2.11. The van der Waals surface area contributed by atoms with Gasteiger partial charge < -0.3 is 0 Å². The molecule has 0 spiro atoms. The molecule has 5 aromatic carbocycles. The molecule has 0 aliphatic carbocycles. The number of aromatic nitrogens is 1. The Morgan fingerprint density at radius 2 is 1.12 bits per heavy atom. The summed E-state index contributed by atoms with van der Waals surface area (Å²) in [7, 11) is -3.22. The molecule has 6 aromatic rings. The Balaban J connectivity index is 1.43. The van der Waals surface area contributed by atoms with Crippen molar-refractivity contribution in [2.75, 3.05) is 4.67 Å². The van der Waals surface area contributed by atoms with E-state index in [0.717, 1.165) is 66.5 Å². The highest BCUT2D eigenvalue weighted by Crippen LogP contribution is 2.66. The van der Waals surface area contributed by atoms with E-state index in [0.29, 0.717) is 0 Å². The minimum absolute atomic E-state index is 0.882. The topological polar surface area (TPSA) is 33.2 Å². The number of hydrogen-bond acceptors (Lipinski definition) is 2. The lowest BCUT2D eigenvalue weighted by Gasteiger charge is -2.44. The second-order valence-electron chi connectivity index (χ2n) is 10.4. The van der Waals surface area contributed by atoms with Gasteiger partial charge in [0, 0.05) is 39.7 Å². The molecular weight excluding hydrogens is 507 g/mol. The molecule has 0 radical (unpaired) electrons. The summed E-state index contributed by atoms with van der Waals surface area (Å²) in [4.78, 5) is 4.39. The quantitative estimate of drug-likeness (QED) is 0.209. The highest BCUT2D eigenvalue weighted by atomic mass is 31.2. The summed E-state index contributed by atoms with van der Waals surface area (Å²) in [5.74, 6) is 0. The summed E-state index contributed by atoms with van der Waals surface area (Å²) >= 11 is 0. The van der Waals surface area contributed by atoms with Gasteiger partial charge in [-0.3, -0.25) is 14.2 Å². The Labute approximate surface area is 233 Å². The van der Waals surface area contributed by atoms with Crippen LogP contribution in [0.1, 0.15) is 5.56 Å². The molecule has 0 saturated heterocycles. The number of aryl methyl sites for hydroxylation is 1. The molecule has 4 heteroatoms. The van der Waals surface area contributed by atoms with Crippen molar-refractivity contribution >= 4 is 29.3 Å². The van der Waals surface area contributed by atoms with Gasteiger partial charge in [0.25, 0.3) is 0 Å². The molecule has 2 aliphatic rings. The van der Waals surface area contributed by atoms with Gasteiger partial charge >= 0.3 is 0 Å². The fraction of sp³-hybridized carbons (Fsp3) is 0.0278. The maximum absolute atomic E-state index is 15.7. The van der Waals surface area contributed by atoms with Gasteiger partial charge in [-0.2, -0.15) is 0 Å². The highest BCUT2D eigenvalue weighted by Gasteiger charge is 2.47. The van der Waals surface area contributed by atoms with Gasteiger partial charge in [-0.05, 0) is 82.8 Å². The minimum atomic E-state index is -3.22. The van der Waals surface area contributed by atoms with E-state index in [2.05, 4.69) is 95.4 Å². The highest BCUT2D eigenvalue weighted by molar-refractivity contribution is 7.81. The third-order valence-electron chi connectivity index (χ3n) is 8.23. The van der Waals surface area contributed by atoms with E-state index in [9.17, 15) is 0 Å². The van der Waals surface area contributed by atoms with Crippen molar-refractivity contribution in [2.45, 2.75) is 6.92 Å². The van der Waals surface area contributed by atoms with Crippen molar-refractivity contribution in [3.63, 3.8) is 0 Å². The predicted molar refractivity (Wildman–Crippen MR) is 166 cm³/mol. The predicted octanol–water partition coefficient (Wildman–Crippen LogP) is 8.75. The second-order valence-corrected chi connectivity index (χ2v) is 13.0. The zero-order valence-electron chi connectivity index (χ0n) is 22.0. The maximum atomic E-state index is 15.7. The molecule has 1 unspecified atom stereocenters. The first kappa shape index (κ1) is 23.2. The van der Waals surface area contributed by atoms with Crippen LogP contribution in [0.15, 0.2) is 134 Å². The van der Waals surface area contributed by atoms with E-state index in [1.165, 1.54) is 5.56 Å². The first-order chi connectivity index (χ1) is 19.6. The van der Waals surface area contributed by atoms with Crippen LogP contribution in [0.4, 0.5) is 11.4 Å². The standard InChI is InChI=1S/C36H25N2OP/c1-24-19-20-37-23-32(24)27-16-18-34-31(22-27)29-12-6-8-14-36(29)40(39)35-13-7-5-11-28(35)30-21-26(15-17-33(30)38(34)40)25-9-3-2-4-10-25/h2-23H,1H3. The summed E-state index contributed by atoms with van der Waals surface area (Å²) in [6.07, 6.45) is 3.75. The van der Waals surface area contributed by atoms with Gasteiger partial charge in [0.15, 0.2) is 0 Å². The number of fused-ring (bicyclic) bond motifs is 11. The lowest BCUT2D eigenvalue weighted by Crippen LogP contribution is -2.37. The summed E-state index contributed by atoms with van der Waals surface area (Å²) < 4.78 is 17.8. The Morgan fingerprint density at radius 1 is 0.550 bits per heavy atom. The van der Waals surface area contributed by atoms with E-state index in [1.54, 1.807) is 0 Å². The van der Waals surface area contributed by atoms with Gasteiger partial charge in [-0.15, -0.1) is 0 Å². The van der Waals surface area contributed by atoms with Crippen molar-refractivity contribution in [3.8, 4) is 44.5 Å². The fourth-order valence-corrected chi connectivity index (χ4v) is 9.59. The zero-order chi connectivity index (χ0) is 26.8. The first-order valence-corrected chi connectivity index (χ1v) is 15.2. The van der Waals surface area contributed by atoms with Crippen molar-refractivity contribution in [2.24, 2.45) is 0 Å². The summed E-state index contributed by atoms with van der Waals surface area (Å²) in [6, 6.07) is 42.0. The summed E-state index contributed by atoms with van der Waals surface area (Å²) in [5, 5.41) is 1.77. The lowest BCUT2D eigenvalue weighted by atomic mass is 9.94. The number of hydrogen-bond donors (Lipinski definition) is 0. The molecule has 0 N–H and O–H groups in total. The number of anilines is 2. The van der Waals surface area contributed by atoms with Crippen LogP contribution in [0.25, 0.3) is 44.5 Å². The second kappa shape index (κ2) is 8.64. The number of pyridine rings is 1. The van der Waals surface area contributed by atoms with Crippen LogP contribution in [-0.2, 0) is 4.57 Å². The Morgan fingerprint density at radius 3 is 1.77 bits per heavy atom. The largest absolute Gasteiger partial charge is 0.289 e. The number of rotatable bonds is 2. The van der Waals surface area contributed by atoms with Gasteiger partial charge in [-0.1, -0.05) is 78.9 Å². The Hall–Kier alpha value is -4.72. The van der Waals surface area contributed by atoms with E-state index in [-0.39, 0.29) is 0 Å². The average molecular weight is 533 g/mol. The molecule has 0 fully saturated rings. The molecule has 3 heterocycles. The van der Waals surface area contributed by atoms with Crippen LogP contribution in [0.2, 0.25) is 0 Å². The van der Waals surface area contributed by atoms with Gasteiger partial charge in [0.1, 0.15) is 0 Å². The van der Waals surface area contributed by atoms with Crippen molar-refractivity contribution in [1.29, 1.82) is 0 Å². The molecule has 0 saturated carbocycles. The molecule has 8 rings (SSSR count). The van der Waals surface area contributed by atoms with Gasteiger partial charge in [0.2, 0.25) is 7.29 Å². The normalized spacial score (nSPS) is 16.3. The smallest absolute Gasteiger partial charge is 0.235 e. The third-order valence-corrected chi connectivity index (χ3v) is 11.3. The average Bonchev–Trinajstić information content (AvgIpc) is 3.02. The van der Waals surface area contributed by atoms with Crippen LogP contribution in [0.3, 0.4) is 0 Å². The molecule has 40 heavy (non-hydrogen) atoms. The molecule has 1 atom stereocenters. The molecule has 2 aliphatic heterocycles. The first-order valence-electron chi connectivity index (χ1n) is 13.5.